The van der Waals surface area contributed by atoms with Crippen LogP contribution in [0.1, 0.15) is 258 Å². The van der Waals surface area contributed by atoms with Gasteiger partial charge in [-0.1, -0.05) is 108 Å². The van der Waals surface area contributed by atoms with Crippen LogP contribution >= 0.6 is 0 Å². The van der Waals surface area contributed by atoms with E-state index in [1.807, 2.05) is 76.2 Å². The van der Waals surface area contributed by atoms with Crippen LogP contribution in [0.3, 0.4) is 0 Å². The highest BCUT2D eigenvalue weighted by molar-refractivity contribution is 5.79. The van der Waals surface area contributed by atoms with E-state index in [4.69, 9.17) is 52.1 Å². The van der Waals surface area contributed by atoms with Gasteiger partial charge in [-0.25, -0.2) is 4.79 Å². The molecule has 7 aliphatic rings. The number of fused-ring (bicyclic) bond motifs is 6. The summed E-state index contributed by atoms with van der Waals surface area (Å²) in [7, 11) is 2.98. The number of methoxy groups -OCH3 is 2. The zero-order valence-corrected chi connectivity index (χ0v) is 51.6. The Balaban J connectivity index is -0.000000343. The third-order valence-corrected chi connectivity index (χ3v) is 18.8. The van der Waals surface area contributed by atoms with E-state index in [1.165, 1.54) is 14.2 Å². The fourth-order valence-electron chi connectivity index (χ4n) is 12.4. The first-order valence-electron chi connectivity index (χ1n) is 30.4. The molecule has 0 saturated heterocycles. The number of hydrogen-bond donors (Lipinski definition) is 0. The van der Waals surface area contributed by atoms with Gasteiger partial charge in [0.1, 0.15) is 23.9 Å². The fraction of sp³-hybridized carbons (Fsp3) is 0.886. The van der Waals surface area contributed by atoms with E-state index in [9.17, 15) is 38.4 Å². The molecule has 528 valence electrons. The number of esters is 8. The van der Waals surface area contributed by atoms with Crippen molar-refractivity contribution in [1.29, 1.82) is 0 Å². The standard InChI is InChI=1S/C17H28O5.C16H26O5.C15H24O5.C14H24O4.8CH4/c1-5-17(3,4)16(19)22-14-9-11-7-12(14)13(8-11)15(18)21-10-20-6-2;1-5-16(2,3)15(18)21-13-8-10-6-11(13)12(7-10)14(17)20-9-19-4;1-4-9(2)14(16)20-13-7-10-5-11(13)12(6-10)15(17)19-8-18-3;1-4-11(3)13(16)17-10-12(15)18-14(5-2)8-6-7-9-14;;;;;;;;/h11-14H,5-10H2,1-4H3;10-13H,5-9H2,1-4H3;9-13H,4-8H2,1-3H3;11H,4-10H2,1-3H3;8*1H4. The topological polar surface area (TPSA) is 238 Å². The van der Waals surface area contributed by atoms with Gasteiger partial charge in [0.05, 0.1) is 40.4 Å². The lowest BCUT2D eigenvalue weighted by Crippen LogP contribution is -2.37. The lowest BCUT2D eigenvalue weighted by atomic mass is 9.86. The molecule has 0 heterocycles. The second-order valence-electron chi connectivity index (χ2n) is 25.1. The number of rotatable bonds is 25. The predicted molar refractivity (Wildman–Crippen MR) is 351 cm³/mol. The van der Waals surface area contributed by atoms with Crippen molar-refractivity contribution in [2.24, 2.45) is 75.9 Å². The van der Waals surface area contributed by atoms with Gasteiger partial charge in [-0.2, -0.15) is 0 Å². The van der Waals surface area contributed by atoms with Crippen LogP contribution in [0.4, 0.5) is 0 Å². The Labute approximate surface area is 541 Å². The molecule has 14 unspecified atom stereocenters. The van der Waals surface area contributed by atoms with Crippen LogP contribution in [0, 0.1) is 75.9 Å². The highest BCUT2D eigenvalue weighted by Gasteiger charge is 2.54. The van der Waals surface area contributed by atoms with Gasteiger partial charge < -0.3 is 52.1 Å². The molecule has 7 fully saturated rings. The molecule has 0 spiro atoms. The highest BCUT2D eigenvalue weighted by atomic mass is 16.7. The van der Waals surface area contributed by atoms with Gasteiger partial charge in [-0.3, -0.25) is 33.6 Å². The maximum atomic E-state index is 12.3. The van der Waals surface area contributed by atoms with E-state index in [-0.39, 0.29) is 199 Å². The maximum Gasteiger partial charge on any atom is 0.344 e. The molecule has 7 rings (SSSR count). The Morgan fingerprint density at radius 2 is 0.809 bits per heavy atom. The third kappa shape index (κ3) is 26.6. The maximum absolute atomic E-state index is 12.3. The van der Waals surface area contributed by atoms with E-state index in [1.54, 1.807) is 6.92 Å². The largest absolute Gasteiger partial charge is 0.462 e. The van der Waals surface area contributed by atoms with Crippen LogP contribution in [-0.4, -0.2) is 119 Å². The van der Waals surface area contributed by atoms with Gasteiger partial charge in [0, 0.05) is 38.6 Å². The molecular formula is C70H134O19. The minimum Gasteiger partial charge on any atom is -0.462 e. The second-order valence-corrected chi connectivity index (χ2v) is 25.1. The number of ether oxygens (including phenoxy) is 11. The van der Waals surface area contributed by atoms with Crippen molar-refractivity contribution in [2.45, 2.75) is 282 Å². The molecule has 0 aliphatic heterocycles. The van der Waals surface area contributed by atoms with Crippen LogP contribution in [0.25, 0.3) is 0 Å². The number of carbonyl (C=O) groups is 8. The first kappa shape index (κ1) is 93.4. The molecule has 19 nitrogen and oxygen atoms in total. The Bertz CT molecular complexity index is 2050. The van der Waals surface area contributed by atoms with E-state index < -0.39 is 16.8 Å². The molecule has 89 heavy (non-hydrogen) atoms. The van der Waals surface area contributed by atoms with Gasteiger partial charge in [-0.05, 0) is 168 Å². The van der Waals surface area contributed by atoms with Crippen molar-refractivity contribution in [2.75, 3.05) is 47.8 Å². The van der Waals surface area contributed by atoms with Crippen molar-refractivity contribution in [3.05, 3.63) is 0 Å². The van der Waals surface area contributed by atoms with Gasteiger partial charge in [0.15, 0.2) is 27.0 Å². The molecule has 0 aromatic heterocycles. The molecule has 0 aromatic carbocycles. The summed E-state index contributed by atoms with van der Waals surface area (Å²) in [5.41, 5.74) is -1.24. The molecule has 0 aromatic rings. The first-order chi connectivity index (χ1) is 38.4. The Morgan fingerprint density at radius 3 is 1.12 bits per heavy atom. The summed E-state index contributed by atoms with van der Waals surface area (Å²) >= 11 is 0. The summed E-state index contributed by atoms with van der Waals surface area (Å²) < 4.78 is 57.4. The second kappa shape index (κ2) is 44.2. The van der Waals surface area contributed by atoms with Crippen LogP contribution < -0.4 is 0 Å². The Kier molecular flexibility index (Phi) is 46.4. The van der Waals surface area contributed by atoms with Gasteiger partial charge >= 0.3 is 47.8 Å². The van der Waals surface area contributed by atoms with Crippen LogP contribution in [0.2, 0.25) is 0 Å². The normalized spacial score (nSPS) is 26.2. The van der Waals surface area contributed by atoms with Crippen LogP contribution in [0.15, 0.2) is 0 Å². The summed E-state index contributed by atoms with van der Waals surface area (Å²) in [6, 6.07) is 0. The minimum absolute atomic E-state index is 0. The van der Waals surface area contributed by atoms with E-state index in [0.29, 0.717) is 30.8 Å². The van der Waals surface area contributed by atoms with E-state index >= 15 is 0 Å². The number of hydrogen-bond acceptors (Lipinski definition) is 19. The molecule has 14 atom stereocenters. The predicted octanol–water partition coefficient (Wildman–Crippen LogP) is 15.5. The smallest absolute Gasteiger partial charge is 0.344 e. The Hall–Kier alpha value is -4.36. The van der Waals surface area contributed by atoms with Crippen molar-refractivity contribution in [3.63, 3.8) is 0 Å². The Morgan fingerprint density at radius 1 is 0.461 bits per heavy atom. The molecule has 19 heteroatoms. The lowest BCUT2D eigenvalue weighted by Gasteiger charge is -2.31. The summed E-state index contributed by atoms with van der Waals surface area (Å²) in [5, 5.41) is 0. The van der Waals surface area contributed by atoms with E-state index in [0.717, 1.165) is 109 Å². The van der Waals surface area contributed by atoms with Crippen molar-refractivity contribution in [3.8, 4) is 0 Å². The summed E-state index contributed by atoms with van der Waals surface area (Å²) in [4.78, 5) is 95.6. The molecular weight excluding hydrogens is 1140 g/mol. The van der Waals surface area contributed by atoms with Crippen LogP contribution in [-0.2, 0) is 90.5 Å². The van der Waals surface area contributed by atoms with Gasteiger partial charge in [0.25, 0.3) is 0 Å². The molecule has 7 saturated carbocycles. The quantitative estimate of drug-likeness (QED) is 0.0357. The fourth-order valence-corrected chi connectivity index (χ4v) is 12.4. The number of carbonyl (C=O) groups excluding carboxylic acids is 8. The van der Waals surface area contributed by atoms with Crippen LogP contribution in [0.5, 0.6) is 0 Å². The minimum atomic E-state index is -0.465. The zero-order chi connectivity index (χ0) is 60.2. The monoisotopic (exact) mass is 1280 g/mol. The average Bonchev–Trinajstić information content (AvgIpc) is 1.99. The van der Waals surface area contributed by atoms with E-state index in [2.05, 4.69) is 0 Å². The summed E-state index contributed by atoms with van der Waals surface area (Å²) in [6.45, 7) is 23.2. The molecule has 6 bridgehead atoms. The molecule has 7 aliphatic carbocycles. The highest BCUT2D eigenvalue weighted by Crippen LogP contribution is 2.53. The van der Waals surface area contributed by atoms with Crippen molar-refractivity contribution < 1.29 is 90.5 Å². The van der Waals surface area contributed by atoms with Crippen molar-refractivity contribution in [1.82, 2.24) is 0 Å². The average molecular weight is 1280 g/mol. The third-order valence-electron chi connectivity index (χ3n) is 18.8. The summed E-state index contributed by atoms with van der Waals surface area (Å²) in [6.07, 6.45) is 15.5. The van der Waals surface area contributed by atoms with Crippen molar-refractivity contribution >= 4 is 47.8 Å². The lowest BCUT2D eigenvalue weighted by molar-refractivity contribution is -0.172. The summed E-state index contributed by atoms with van der Waals surface area (Å²) in [5.74, 6) is -0.788. The first-order valence-corrected chi connectivity index (χ1v) is 30.4. The van der Waals surface area contributed by atoms with Gasteiger partial charge in [-0.15, -0.1) is 0 Å². The molecule has 0 N–H and O–H groups in total. The SMILES string of the molecule is C.C.C.C.C.C.C.C.CCC(C)(C)C(=O)OC1CC2CC(C(=O)OCOC)C1C2.CCC(C)C(=O)OC1CC2CC(C(=O)OCOC)C1C2.CCC(C)C(=O)OCC(=O)OC1(CC)CCCC1.CCOCOC(=O)C1CC2CC(OC(=O)C(C)(C)CC)C1C2. The molecule has 0 amide bonds. The van der Waals surface area contributed by atoms with Gasteiger partial charge in [0.2, 0.25) is 0 Å². The molecule has 0 radical (unpaired) electrons. The zero-order valence-electron chi connectivity index (χ0n) is 51.6.